The number of hydrogen-bond acceptors (Lipinski definition) is 8. The zero-order valence-electron chi connectivity index (χ0n) is 30.3. The zero-order chi connectivity index (χ0) is 36.4. The SMILES string of the molecule is CCOC(=O)CCc1cc(C#CCCC(=O)OC)ccc1OCCCOc1cc(OCOCC[Si](C)(C)C)c(-c2ccc(F)cc2)cc1CC. The summed E-state index contributed by atoms with van der Waals surface area (Å²) in [6.07, 6.45) is 2.60. The van der Waals surface area contributed by atoms with Gasteiger partial charge in [-0.05, 0) is 78.9 Å². The molecule has 0 aliphatic carbocycles. The van der Waals surface area contributed by atoms with Crippen LogP contribution in [0.25, 0.3) is 11.1 Å². The van der Waals surface area contributed by atoms with Gasteiger partial charge >= 0.3 is 11.9 Å². The first-order valence-corrected chi connectivity index (χ1v) is 21.0. The smallest absolute Gasteiger partial charge is 0.306 e. The maximum atomic E-state index is 13.7. The summed E-state index contributed by atoms with van der Waals surface area (Å²) >= 11 is 0. The largest absolute Gasteiger partial charge is 0.493 e. The Labute approximate surface area is 297 Å². The first-order chi connectivity index (χ1) is 24.0. The number of hydrogen-bond donors (Lipinski definition) is 0. The predicted molar refractivity (Wildman–Crippen MR) is 196 cm³/mol. The van der Waals surface area contributed by atoms with Crippen molar-refractivity contribution in [1.82, 2.24) is 0 Å². The number of carbonyl (C=O) groups excluding carboxylic acids is 2. The van der Waals surface area contributed by atoms with Crippen LogP contribution in [0.5, 0.6) is 17.2 Å². The molecule has 0 aliphatic rings. The van der Waals surface area contributed by atoms with Gasteiger partial charge in [0.25, 0.3) is 0 Å². The van der Waals surface area contributed by atoms with E-state index in [1.807, 2.05) is 30.3 Å². The summed E-state index contributed by atoms with van der Waals surface area (Å²) in [6.45, 7) is 12.6. The van der Waals surface area contributed by atoms with Gasteiger partial charge in [0, 0.05) is 51.1 Å². The van der Waals surface area contributed by atoms with Crippen molar-refractivity contribution < 1.29 is 42.4 Å². The molecular weight excluding hydrogens is 656 g/mol. The molecule has 0 heterocycles. The minimum atomic E-state index is -1.23. The molecule has 8 nitrogen and oxygen atoms in total. The lowest BCUT2D eigenvalue weighted by molar-refractivity contribution is -0.143. The van der Waals surface area contributed by atoms with E-state index in [2.05, 4.69) is 43.1 Å². The van der Waals surface area contributed by atoms with E-state index in [0.717, 1.165) is 40.3 Å². The van der Waals surface area contributed by atoms with Gasteiger partial charge in [0.15, 0.2) is 6.79 Å². The van der Waals surface area contributed by atoms with Crippen LogP contribution in [0.4, 0.5) is 4.39 Å². The van der Waals surface area contributed by atoms with Crippen molar-refractivity contribution in [3.8, 4) is 40.2 Å². The lowest BCUT2D eigenvalue weighted by atomic mass is 10.00. The third kappa shape index (κ3) is 14.3. The molecule has 0 radical (unpaired) electrons. The van der Waals surface area contributed by atoms with Gasteiger partial charge in [0.2, 0.25) is 0 Å². The number of methoxy groups -OCH3 is 1. The van der Waals surface area contributed by atoms with E-state index < -0.39 is 8.07 Å². The third-order valence-corrected chi connectivity index (χ3v) is 9.38. The Kier molecular flexibility index (Phi) is 16.9. The minimum absolute atomic E-state index is 0.105. The van der Waals surface area contributed by atoms with E-state index in [4.69, 9.17) is 23.7 Å². The standard InChI is InChI=1S/C40H51FO8Si/c1-7-31-27-35(32-15-18-34(41)19-16-32)38(49-29-45-24-25-50(4,5)6)28-37(31)48-23-11-22-47-36-20-14-30(12-9-10-13-39(42)44-3)26-33(36)17-21-40(43)46-8-2/h14-16,18-20,26-28H,7-8,10-11,13,17,21-25,29H2,1-6H3. The summed E-state index contributed by atoms with van der Waals surface area (Å²) in [6, 6.07) is 16.9. The lowest BCUT2D eigenvalue weighted by Crippen LogP contribution is -2.22. The highest BCUT2D eigenvalue weighted by molar-refractivity contribution is 6.76. The second-order valence-electron chi connectivity index (χ2n) is 12.9. The van der Waals surface area contributed by atoms with Gasteiger partial charge in [0.1, 0.15) is 23.1 Å². The second kappa shape index (κ2) is 21.0. The highest BCUT2D eigenvalue weighted by atomic mass is 28.3. The molecular formula is C40H51FO8Si. The molecule has 0 saturated heterocycles. The average molecular weight is 707 g/mol. The van der Waals surface area contributed by atoms with Crippen LogP contribution in [-0.4, -0.2) is 60.3 Å². The number of esters is 2. The Balaban J connectivity index is 1.68. The van der Waals surface area contributed by atoms with Crippen LogP contribution in [0.3, 0.4) is 0 Å². The monoisotopic (exact) mass is 706 g/mol. The van der Waals surface area contributed by atoms with Crippen molar-refractivity contribution in [2.75, 3.05) is 40.3 Å². The first-order valence-electron chi connectivity index (χ1n) is 17.3. The predicted octanol–water partition coefficient (Wildman–Crippen LogP) is 8.39. The summed E-state index contributed by atoms with van der Waals surface area (Å²) < 4.78 is 47.8. The molecule has 3 aromatic rings. The van der Waals surface area contributed by atoms with Gasteiger partial charge in [-0.3, -0.25) is 9.59 Å². The number of benzene rings is 3. The fourth-order valence-electron chi connectivity index (χ4n) is 4.85. The summed E-state index contributed by atoms with van der Waals surface area (Å²) in [5, 5.41) is 0. The number of halogens is 1. The highest BCUT2D eigenvalue weighted by Crippen LogP contribution is 2.37. The van der Waals surface area contributed by atoms with Crippen LogP contribution in [0.1, 0.15) is 56.2 Å². The van der Waals surface area contributed by atoms with Crippen molar-refractivity contribution in [2.45, 2.75) is 78.1 Å². The molecule has 0 aromatic heterocycles. The number of aryl methyl sites for hydroxylation is 2. The normalized spacial score (nSPS) is 10.9. The number of rotatable bonds is 20. The van der Waals surface area contributed by atoms with E-state index in [9.17, 15) is 14.0 Å². The molecule has 0 saturated carbocycles. The number of ether oxygens (including phenoxy) is 6. The van der Waals surface area contributed by atoms with Gasteiger partial charge in [-0.1, -0.05) is 50.5 Å². The third-order valence-electron chi connectivity index (χ3n) is 7.68. The summed E-state index contributed by atoms with van der Waals surface area (Å²) in [5.41, 5.74) is 4.30. The summed E-state index contributed by atoms with van der Waals surface area (Å²) in [5.74, 6) is 7.16. The van der Waals surface area contributed by atoms with Crippen LogP contribution in [0, 0.1) is 17.7 Å². The molecule has 3 rings (SSSR count). The lowest BCUT2D eigenvalue weighted by Gasteiger charge is -2.19. The molecule has 0 fully saturated rings. The molecule has 50 heavy (non-hydrogen) atoms. The van der Waals surface area contributed by atoms with E-state index in [-0.39, 0.29) is 37.4 Å². The molecule has 3 aromatic carbocycles. The van der Waals surface area contributed by atoms with Crippen LogP contribution in [0.2, 0.25) is 25.7 Å². The number of carbonyl (C=O) groups is 2. The van der Waals surface area contributed by atoms with E-state index in [1.54, 1.807) is 19.1 Å². The Morgan fingerprint density at radius 1 is 0.800 bits per heavy atom. The molecule has 0 bridgehead atoms. The van der Waals surface area contributed by atoms with Crippen LogP contribution >= 0.6 is 0 Å². The van der Waals surface area contributed by atoms with Gasteiger partial charge in [0.05, 0.1) is 33.4 Å². The van der Waals surface area contributed by atoms with Crippen molar-refractivity contribution in [3.05, 3.63) is 77.1 Å². The van der Waals surface area contributed by atoms with Gasteiger partial charge < -0.3 is 28.4 Å². The first kappa shape index (κ1) is 40.1. The molecule has 0 aliphatic heterocycles. The molecule has 0 N–H and O–H groups in total. The maximum absolute atomic E-state index is 13.7. The second-order valence-corrected chi connectivity index (χ2v) is 18.5. The Morgan fingerprint density at radius 3 is 2.22 bits per heavy atom. The van der Waals surface area contributed by atoms with Crippen LogP contribution in [-0.2, 0) is 36.6 Å². The Bertz CT molecular complexity index is 1590. The van der Waals surface area contributed by atoms with E-state index >= 15 is 0 Å². The van der Waals surface area contributed by atoms with Crippen molar-refractivity contribution in [2.24, 2.45) is 0 Å². The van der Waals surface area contributed by atoms with Crippen molar-refractivity contribution in [1.29, 1.82) is 0 Å². The van der Waals surface area contributed by atoms with Gasteiger partial charge in [-0.15, -0.1) is 0 Å². The average Bonchev–Trinajstić information content (AvgIpc) is 3.09. The topological polar surface area (TPSA) is 89.5 Å². The maximum Gasteiger partial charge on any atom is 0.306 e. The molecule has 0 atom stereocenters. The molecule has 0 unspecified atom stereocenters. The fourth-order valence-corrected chi connectivity index (χ4v) is 5.61. The van der Waals surface area contributed by atoms with E-state index in [0.29, 0.717) is 62.9 Å². The van der Waals surface area contributed by atoms with Crippen molar-refractivity contribution >= 4 is 20.0 Å². The summed E-state index contributed by atoms with van der Waals surface area (Å²) in [4.78, 5) is 23.5. The van der Waals surface area contributed by atoms with Gasteiger partial charge in [-0.2, -0.15) is 0 Å². The van der Waals surface area contributed by atoms with Gasteiger partial charge in [-0.25, -0.2) is 4.39 Å². The summed E-state index contributed by atoms with van der Waals surface area (Å²) in [7, 11) is 0.121. The Morgan fingerprint density at radius 2 is 1.54 bits per heavy atom. The molecule has 270 valence electrons. The molecule has 10 heteroatoms. The molecule has 0 amide bonds. The van der Waals surface area contributed by atoms with Crippen LogP contribution < -0.4 is 14.2 Å². The van der Waals surface area contributed by atoms with E-state index in [1.165, 1.54) is 19.2 Å². The minimum Gasteiger partial charge on any atom is -0.493 e. The molecule has 0 spiro atoms. The fraction of sp³-hybridized carbons (Fsp3) is 0.450. The van der Waals surface area contributed by atoms with Crippen molar-refractivity contribution in [3.63, 3.8) is 0 Å². The zero-order valence-corrected chi connectivity index (χ0v) is 31.3. The van der Waals surface area contributed by atoms with Crippen LogP contribution in [0.15, 0.2) is 54.6 Å². The highest BCUT2D eigenvalue weighted by Gasteiger charge is 2.16. The Hall–Kier alpha value is -4.33. The quantitative estimate of drug-likeness (QED) is 0.0381.